The van der Waals surface area contributed by atoms with Crippen molar-refractivity contribution in [1.29, 1.82) is 0 Å². The maximum Gasteiger partial charge on any atom is 0.162 e. The van der Waals surface area contributed by atoms with E-state index in [1.165, 1.54) is 11.1 Å². The molecule has 60 valence electrons. The fourth-order valence-corrected chi connectivity index (χ4v) is 1.60. The van der Waals surface area contributed by atoms with Gasteiger partial charge in [-0.3, -0.25) is 0 Å². The molecule has 3 rings (SSSR count). The zero-order chi connectivity index (χ0) is 7.97. The molecule has 1 aliphatic heterocycles. The van der Waals surface area contributed by atoms with Crippen LogP contribution < -0.4 is 5.48 Å². The van der Waals surface area contributed by atoms with Gasteiger partial charge in [0, 0.05) is 36.2 Å². The predicted octanol–water partition coefficient (Wildman–Crippen LogP) is 1.33. The Morgan fingerprint density at radius 1 is 1.42 bits per heavy atom. The molecule has 3 heteroatoms. The van der Waals surface area contributed by atoms with Gasteiger partial charge in [-0.15, -0.1) is 0 Å². The third kappa shape index (κ3) is 0.652. The van der Waals surface area contributed by atoms with Crippen molar-refractivity contribution < 1.29 is 4.84 Å². The largest absolute Gasteiger partial charge is 0.382 e. The molecule has 0 unspecified atom stereocenters. The standard InChI is InChI=1S/C9H8N2O/c1-2-10-8-4-9-7(3-6(1)8)5-11-12-9/h1-2,4-5,10-11H,3H2. The zero-order valence-electron chi connectivity index (χ0n) is 6.42. The van der Waals surface area contributed by atoms with Gasteiger partial charge in [-0.2, -0.15) is 0 Å². The number of aromatic amines is 1. The smallest absolute Gasteiger partial charge is 0.162 e. The summed E-state index contributed by atoms with van der Waals surface area (Å²) < 4.78 is 0. The highest BCUT2D eigenvalue weighted by atomic mass is 16.7. The molecule has 1 aliphatic carbocycles. The van der Waals surface area contributed by atoms with Crippen molar-refractivity contribution in [3.63, 3.8) is 0 Å². The van der Waals surface area contributed by atoms with E-state index in [2.05, 4.69) is 16.5 Å². The van der Waals surface area contributed by atoms with Crippen LogP contribution in [0.15, 0.2) is 29.8 Å². The molecule has 2 N–H and O–H groups in total. The average Bonchev–Trinajstić information content (AvgIpc) is 2.64. The highest BCUT2D eigenvalue weighted by Crippen LogP contribution is 2.29. The van der Waals surface area contributed by atoms with Gasteiger partial charge in [0.05, 0.1) is 0 Å². The molecule has 1 aromatic heterocycles. The lowest BCUT2D eigenvalue weighted by Crippen LogP contribution is -2.00. The fourth-order valence-electron chi connectivity index (χ4n) is 1.60. The van der Waals surface area contributed by atoms with Crippen molar-refractivity contribution in [1.82, 2.24) is 10.5 Å². The number of H-pyrrole nitrogens is 1. The van der Waals surface area contributed by atoms with E-state index in [4.69, 9.17) is 4.84 Å². The van der Waals surface area contributed by atoms with Crippen LogP contribution in [0.1, 0.15) is 11.3 Å². The summed E-state index contributed by atoms with van der Waals surface area (Å²) in [5.41, 5.74) is 6.46. The van der Waals surface area contributed by atoms with E-state index in [9.17, 15) is 0 Å². The summed E-state index contributed by atoms with van der Waals surface area (Å²) in [6, 6.07) is 2.10. The molecule has 0 fully saturated rings. The van der Waals surface area contributed by atoms with Crippen LogP contribution in [0.3, 0.4) is 0 Å². The predicted molar refractivity (Wildman–Crippen MR) is 44.8 cm³/mol. The van der Waals surface area contributed by atoms with Gasteiger partial charge in [0.15, 0.2) is 5.76 Å². The lowest BCUT2D eigenvalue weighted by molar-refractivity contribution is 0.171. The minimum atomic E-state index is 0.935. The van der Waals surface area contributed by atoms with Gasteiger partial charge in [-0.05, 0) is 11.6 Å². The summed E-state index contributed by atoms with van der Waals surface area (Å²) in [5.74, 6) is 0.935. The second-order valence-electron chi connectivity index (χ2n) is 2.99. The second kappa shape index (κ2) is 1.94. The van der Waals surface area contributed by atoms with Crippen LogP contribution in [-0.4, -0.2) is 4.98 Å². The minimum Gasteiger partial charge on any atom is -0.382 e. The van der Waals surface area contributed by atoms with Crippen molar-refractivity contribution in [2.45, 2.75) is 6.42 Å². The Morgan fingerprint density at radius 3 is 3.42 bits per heavy atom. The molecule has 0 spiro atoms. The second-order valence-corrected chi connectivity index (χ2v) is 2.99. The maximum absolute atomic E-state index is 5.18. The molecule has 3 nitrogen and oxygen atoms in total. The van der Waals surface area contributed by atoms with Crippen molar-refractivity contribution in [2.24, 2.45) is 0 Å². The minimum absolute atomic E-state index is 0.935. The maximum atomic E-state index is 5.18. The molecule has 0 saturated carbocycles. The summed E-state index contributed by atoms with van der Waals surface area (Å²) in [6.07, 6.45) is 6.83. The van der Waals surface area contributed by atoms with E-state index in [-0.39, 0.29) is 0 Å². The molecule has 2 aliphatic rings. The number of fused-ring (bicyclic) bond motifs is 2. The number of hydroxylamine groups is 1. The van der Waals surface area contributed by atoms with E-state index in [1.54, 1.807) is 0 Å². The van der Waals surface area contributed by atoms with Crippen LogP contribution in [0.2, 0.25) is 0 Å². The Hall–Kier alpha value is -1.64. The number of allylic oxidation sites excluding steroid dienone is 1. The van der Waals surface area contributed by atoms with Crippen LogP contribution in [-0.2, 0) is 11.3 Å². The van der Waals surface area contributed by atoms with Gasteiger partial charge in [0.1, 0.15) is 0 Å². The average molecular weight is 160 g/mol. The van der Waals surface area contributed by atoms with Crippen LogP contribution in [0.4, 0.5) is 0 Å². The lowest BCUT2D eigenvalue weighted by Gasteiger charge is -2.09. The SMILES string of the molecule is C1=C2Cc3cc[nH]c3C=C2ON1. The first-order chi connectivity index (χ1) is 5.93. The van der Waals surface area contributed by atoms with Crippen LogP contribution in [0.5, 0.6) is 0 Å². The first-order valence-electron chi connectivity index (χ1n) is 3.93. The molecule has 0 radical (unpaired) electrons. The van der Waals surface area contributed by atoms with Gasteiger partial charge in [-0.1, -0.05) is 0 Å². The van der Waals surface area contributed by atoms with Gasteiger partial charge in [0.25, 0.3) is 0 Å². The summed E-state index contributed by atoms with van der Waals surface area (Å²) >= 11 is 0. The topological polar surface area (TPSA) is 37.0 Å². The van der Waals surface area contributed by atoms with Crippen molar-refractivity contribution >= 4 is 6.08 Å². The molecular formula is C9H8N2O. The van der Waals surface area contributed by atoms with Crippen molar-refractivity contribution in [2.75, 3.05) is 0 Å². The fraction of sp³-hybridized carbons (Fsp3) is 0.111. The zero-order valence-corrected chi connectivity index (χ0v) is 6.42. The molecule has 0 bridgehead atoms. The molecule has 0 amide bonds. The van der Waals surface area contributed by atoms with Crippen LogP contribution in [0.25, 0.3) is 6.08 Å². The molecule has 0 atom stereocenters. The van der Waals surface area contributed by atoms with Gasteiger partial charge in [0.2, 0.25) is 0 Å². The Bertz CT molecular complexity index is 387. The molecule has 12 heavy (non-hydrogen) atoms. The van der Waals surface area contributed by atoms with Crippen molar-refractivity contribution in [3.8, 4) is 0 Å². The van der Waals surface area contributed by atoms with E-state index in [0.29, 0.717) is 0 Å². The monoisotopic (exact) mass is 160 g/mol. The number of nitrogens with one attached hydrogen (secondary N) is 2. The highest BCUT2D eigenvalue weighted by molar-refractivity contribution is 5.62. The number of aromatic nitrogens is 1. The van der Waals surface area contributed by atoms with E-state index in [0.717, 1.165) is 17.9 Å². The number of hydrogen-bond acceptors (Lipinski definition) is 2. The van der Waals surface area contributed by atoms with E-state index in [1.807, 2.05) is 18.5 Å². The Kier molecular flexibility index (Phi) is 0.961. The molecule has 1 aromatic rings. The first-order valence-corrected chi connectivity index (χ1v) is 3.93. The number of rotatable bonds is 0. The normalized spacial score (nSPS) is 18.3. The van der Waals surface area contributed by atoms with Crippen LogP contribution in [0, 0.1) is 0 Å². The Morgan fingerprint density at radius 2 is 2.42 bits per heavy atom. The molecule has 0 saturated heterocycles. The molecule has 2 heterocycles. The summed E-state index contributed by atoms with van der Waals surface area (Å²) in [4.78, 5) is 8.34. The van der Waals surface area contributed by atoms with Gasteiger partial charge >= 0.3 is 0 Å². The van der Waals surface area contributed by atoms with E-state index >= 15 is 0 Å². The summed E-state index contributed by atoms with van der Waals surface area (Å²) in [7, 11) is 0. The van der Waals surface area contributed by atoms with Gasteiger partial charge in [-0.25, -0.2) is 5.48 Å². The van der Waals surface area contributed by atoms with E-state index < -0.39 is 0 Å². The Labute approximate surface area is 69.7 Å². The quantitative estimate of drug-likeness (QED) is 0.600. The third-order valence-corrected chi connectivity index (χ3v) is 2.24. The highest BCUT2D eigenvalue weighted by Gasteiger charge is 2.20. The molecular weight excluding hydrogens is 152 g/mol. The first kappa shape index (κ1) is 5.94. The van der Waals surface area contributed by atoms with Gasteiger partial charge < -0.3 is 9.82 Å². The molecule has 0 aromatic carbocycles. The lowest BCUT2D eigenvalue weighted by atomic mass is 9.99. The number of hydrogen-bond donors (Lipinski definition) is 2. The summed E-state index contributed by atoms with van der Waals surface area (Å²) in [5, 5.41) is 0. The third-order valence-electron chi connectivity index (χ3n) is 2.24. The Balaban J connectivity index is 2.18. The van der Waals surface area contributed by atoms with Crippen LogP contribution >= 0.6 is 0 Å². The summed E-state index contributed by atoms with van der Waals surface area (Å²) in [6.45, 7) is 0. The van der Waals surface area contributed by atoms with Crippen molar-refractivity contribution in [3.05, 3.63) is 41.1 Å².